The van der Waals surface area contributed by atoms with Crippen LogP contribution in [0.4, 0.5) is 11.8 Å². The molecule has 1 unspecified atom stereocenters. The van der Waals surface area contributed by atoms with Gasteiger partial charge in [0.05, 0.1) is 5.69 Å². The van der Waals surface area contributed by atoms with Crippen LogP contribution in [0.25, 0.3) is 21.9 Å². The van der Waals surface area contributed by atoms with Crippen molar-refractivity contribution in [3.63, 3.8) is 0 Å². The van der Waals surface area contributed by atoms with Crippen LogP contribution in [0, 0.1) is 0 Å². The van der Waals surface area contributed by atoms with E-state index in [4.69, 9.17) is 4.42 Å². The first-order valence-electron chi connectivity index (χ1n) is 9.07. The summed E-state index contributed by atoms with van der Waals surface area (Å²) in [5.41, 5.74) is 3.59. The van der Waals surface area contributed by atoms with Crippen molar-refractivity contribution in [1.82, 2.24) is 20.2 Å². The average Bonchev–Trinajstić information content (AvgIpc) is 3.16. The van der Waals surface area contributed by atoms with E-state index in [1.165, 1.54) is 0 Å². The van der Waals surface area contributed by atoms with E-state index < -0.39 is 0 Å². The molecule has 1 N–H and O–H groups in total. The zero-order valence-corrected chi connectivity index (χ0v) is 15.2. The van der Waals surface area contributed by atoms with E-state index in [0.29, 0.717) is 11.8 Å². The second-order valence-corrected chi connectivity index (χ2v) is 6.59. The van der Waals surface area contributed by atoms with Crippen LogP contribution in [-0.4, -0.2) is 20.2 Å². The van der Waals surface area contributed by atoms with Crippen LogP contribution >= 0.6 is 0 Å². The lowest BCUT2D eigenvalue weighted by atomic mass is 9.95. The van der Waals surface area contributed by atoms with Gasteiger partial charge in [0.2, 0.25) is 0 Å². The summed E-state index contributed by atoms with van der Waals surface area (Å²) in [6.07, 6.45) is 3.59. The normalized spacial score (nSPS) is 12.3. The molecule has 0 saturated carbocycles. The molecule has 0 radical (unpaired) electrons. The number of anilines is 2. The number of nitrogens with one attached hydrogen (secondary N) is 1. The maximum Gasteiger partial charge on any atom is 0.301 e. The predicted octanol–water partition coefficient (Wildman–Crippen LogP) is 5.06. The number of hydrogen-bond acceptors (Lipinski definition) is 6. The standard InChI is InChI=1S/C22H17N5O/c1-14(15-10-12-23-13-11-15)20-16-6-2-3-7-17(16)21(27-26-20)25-22-24-18-8-4-5-9-19(18)28-22/h2-14H,1H3,(H,24,25,27). The third-order valence-electron chi connectivity index (χ3n) is 4.85. The van der Waals surface area contributed by atoms with Crippen molar-refractivity contribution >= 4 is 33.7 Å². The van der Waals surface area contributed by atoms with E-state index >= 15 is 0 Å². The van der Waals surface area contributed by atoms with Gasteiger partial charge in [-0.1, -0.05) is 43.3 Å². The highest BCUT2D eigenvalue weighted by molar-refractivity contribution is 5.94. The molecule has 3 heterocycles. The Bertz CT molecular complexity index is 1230. The van der Waals surface area contributed by atoms with Gasteiger partial charge in [0.25, 0.3) is 0 Å². The molecule has 0 spiro atoms. The largest absolute Gasteiger partial charge is 0.423 e. The highest BCUT2D eigenvalue weighted by Crippen LogP contribution is 2.32. The Balaban J connectivity index is 1.58. The van der Waals surface area contributed by atoms with E-state index in [-0.39, 0.29) is 5.92 Å². The van der Waals surface area contributed by atoms with Gasteiger partial charge in [-0.05, 0) is 29.8 Å². The fourth-order valence-corrected chi connectivity index (χ4v) is 3.37. The first-order valence-corrected chi connectivity index (χ1v) is 9.07. The zero-order valence-electron chi connectivity index (χ0n) is 15.2. The van der Waals surface area contributed by atoms with Gasteiger partial charge < -0.3 is 4.42 Å². The monoisotopic (exact) mass is 367 g/mol. The van der Waals surface area contributed by atoms with E-state index in [0.717, 1.165) is 33.1 Å². The van der Waals surface area contributed by atoms with Gasteiger partial charge in [-0.25, -0.2) is 0 Å². The molecule has 1 atom stereocenters. The SMILES string of the molecule is CC(c1ccncc1)c1nnc(Nc2nc3ccccc3o2)c2ccccc12. The van der Waals surface area contributed by atoms with Crippen LogP contribution < -0.4 is 5.32 Å². The molecule has 5 aromatic rings. The molecule has 0 aliphatic rings. The molecule has 0 fully saturated rings. The Kier molecular flexibility index (Phi) is 3.94. The minimum absolute atomic E-state index is 0.0961. The van der Waals surface area contributed by atoms with Crippen molar-refractivity contribution < 1.29 is 4.42 Å². The Morgan fingerprint density at radius 1 is 0.857 bits per heavy atom. The summed E-state index contributed by atoms with van der Waals surface area (Å²) >= 11 is 0. The molecule has 3 aromatic heterocycles. The number of nitrogens with zero attached hydrogens (tertiary/aromatic N) is 4. The van der Waals surface area contributed by atoms with Crippen LogP contribution in [-0.2, 0) is 0 Å². The van der Waals surface area contributed by atoms with E-state index in [9.17, 15) is 0 Å². The maximum atomic E-state index is 5.77. The van der Waals surface area contributed by atoms with Gasteiger partial charge in [0.15, 0.2) is 11.4 Å². The minimum atomic E-state index is 0.0961. The molecule has 0 amide bonds. The van der Waals surface area contributed by atoms with Crippen molar-refractivity contribution in [2.75, 3.05) is 5.32 Å². The molecule has 0 saturated heterocycles. The first kappa shape index (κ1) is 16.4. The summed E-state index contributed by atoms with van der Waals surface area (Å²) in [6.45, 7) is 2.12. The number of aromatic nitrogens is 4. The van der Waals surface area contributed by atoms with Crippen LogP contribution in [0.1, 0.15) is 24.1 Å². The van der Waals surface area contributed by atoms with Crippen molar-refractivity contribution in [2.24, 2.45) is 0 Å². The Hall–Kier alpha value is -3.80. The molecule has 5 rings (SSSR count). The highest BCUT2D eigenvalue weighted by Gasteiger charge is 2.17. The summed E-state index contributed by atoms with van der Waals surface area (Å²) in [6, 6.07) is 20.1. The summed E-state index contributed by atoms with van der Waals surface area (Å²) in [5.74, 6) is 0.714. The summed E-state index contributed by atoms with van der Waals surface area (Å²) < 4.78 is 5.77. The van der Waals surface area contributed by atoms with Gasteiger partial charge in [-0.3, -0.25) is 10.3 Å². The molecule has 0 bridgehead atoms. The predicted molar refractivity (Wildman–Crippen MR) is 109 cm³/mol. The molecular weight excluding hydrogens is 350 g/mol. The third-order valence-corrected chi connectivity index (χ3v) is 4.85. The van der Waals surface area contributed by atoms with Crippen molar-refractivity contribution in [3.05, 3.63) is 84.3 Å². The average molecular weight is 367 g/mol. The Labute approximate surface area is 161 Å². The topological polar surface area (TPSA) is 76.7 Å². The molecule has 0 aliphatic carbocycles. The number of para-hydroxylation sites is 2. The van der Waals surface area contributed by atoms with Crippen molar-refractivity contribution in [3.8, 4) is 0 Å². The number of rotatable bonds is 4. The fraction of sp³-hybridized carbons (Fsp3) is 0.0909. The minimum Gasteiger partial charge on any atom is -0.423 e. The first-order chi connectivity index (χ1) is 13.8. The third kappa shape index (κ3) is 2.85. The second-order valence-electron chi connectivity index (χ2n) is 6.59. The molecule has 6 nitrogen and oxygen atoms in total. The highest BCUT2D eigenvalue weighted by atomic mass is 16.4. The van der Waals surface area contributed by atoms with Crippen molar-refractivity contribution in [1.29, 1.82) is 0 Å². The van der Waals surface area contributed by atoms with Gasteiger partial charge >= 0.3 is 6.01 Å². The second kappa shape index (κ2) is 6.74. The Morgan fingerprint density at radius 3 is 2.43 bits per heavy atom. The molecule has 6 heteroatoms. The van der Waals surface area contributed by atoms with Crippen LogP contribution in [0.3, 0.4) is 0 Å². The van der Waals surface area contributed by atoms with Crippen molar-refractivity contribution in [2.45, 2.75) is 12.8 Å². The van der Waals surface area contributed by atoms with Gasteiger partial charge in [-0.15, -0.1) is 5.10 Å². The number of hydrogen-bond donors (Lipinski definition) is 1. The number of oxazole rings is 1. The smallest absolute Gasteiger partial charge is 0.301 e. The summed E-state index contributed by atoms with van der Waals surface area (Å²) in [7, 11) is 0. The van der Waals surface area contributed by atoms with Crippen LogP contribution in [0.5, 0.6) is 0 Å². The number of benzene rings is 2. The van der Waals surface area contributed by atoms with Crippen LogP contribution in [0.2, 0.25) is 0 Å². The molecule has 0 aliphatic heterocycles. The Morgan fingerprint density at radius 2 is 1.61 bits per heavy atom. The van der Waals surface area contributed by atoms with E-state index in [1.807, 2.05) is 54.6 Å². The lowest BCUT2D eigenvalue weighted by molar-refractivity contribution is 0.622. The lowest BCUT2D eigenvalue weighted by Gasteiger charge is -2.14. The molecule has 2 aromatic carbocycles. The lowest BCUT2D eigenvalue weighted by Crippen LogP contribution is -2.05. The van der Waals surface area contributed by atoms with Crippen LogP contribution in [0.15, 0.2) is 77.5 Å². The van der Waals surface area contributed by atoms with E-state index in [2.05, 4.69) is 38.5 Å². The maximum absolute atomic E-state index is 5.77. The van der Waals surface area contributed by atoms with Gasteiger partial charge in [0.1, 0.15) is 5.52 Å². The summed E-state index contributed by atoms with van der Waals surface area (Å²) in [5, 5.41) is 14.2. The van der Waals surface area contributed by atoms with Gasteiger partial charge in [0, 0.05) is 29.1 Å². The molecular formula is C22H17N5O. The quantitative estimate of drug-likeness (QED) is 0.478. The summed E-state index contributed by atoms with van der Waals surface area (Å²) in [4.78, 5) is 8.57. The molecule has 136 valence electrons. The number of fused-ring (bicyclic) bond motifs is 2. The van der Waals surface area contributed by atoms with Gasteiger partial charge in [-0.2, -0.15) is 10.1 Å². The fourth-order valence-electron chi connectivity index (χ4n) is 3.37. The van der Waals surface area contributed by atoms with E-state index in [1.54, 1.807) is 12.4 Å². The zero-order chi connectivity index (χ0) is 18.9. The number of pyridine rings is 1. The molecule has 28 heavy (non-hydrogen) atoms.